The first-order valence-electron chi connectivity index (χ1n) is 11.5. The number of hydrogen-bond donors (Lipinski definition) is 1. The Hall–Kier alpha value is -3.62. The average Bonchev–Trinajstić information content (AvgIpc) is 3.39. The van der Waals surface area contributed by atoms with E-state index in [0.29, 0.717) is 31.0 Å². The van der Waals surface area contributed by atoms with Crippen LogP contribution in [-0.4, -0.2) is 38.7 Å². The fraction of sp³-hybridized carbons (Fsp3) is 0.346. The van der Waals surface area contributed by atoms with Gasteiger partial charge in [0.25, 0.3) is 0 Å². The van der Waals surface area contributed by atoms with Gasteiger partial charge in [-0.2, -0.15) is 13.2 Å². The minimum atomic E-state index is -4.44. The first-order chi connectivity index (χ1) is 16.8. The van der Waals surface area contributed by atoms with Crippen LogP contribution in [0.3, 0.4) is 0 Å². The first-order valence-corrected chi connectivity index (χ1v) is 11.5. The summed E-state index contributed by atoms with van der Waals surface area (Å²) in [5, 5.41) is 2.92. The number of halogens is 3. The fourth-order valence-corrected chi connectivity index (χ4v) is 5.06. The Morgan fingerprint density at radius 3 is 2.74 bits per heavy atom. The molecule has 0 radical (unpaired) electrons. The van der Waals surface area contributed by atoms with Crippen LogP contribution in [0.5, 0.6) is 5.75 Å². The lowest BCUT2D eigenvalue weighted by molar-refractivity contribution is -0.137. The van der Waals surface area contributed by atoms with Crippen molar-refractivity contribution in [1.82, 2.24) is 5.32 Å². The first kappa shape index (κ1) is 23.1. The van der Waals surface area contributed by atoms with Gasteiger partial charge in [-0.25, -0.2) is 0 Å². The number of benzene rings is 2. The van der Waals surface area contributed by atoms with Crippen LogP contribution < -0.4 is 19.9 Å². The van der Waals surface area contributed by atoms with Gasteiger partial charge in [0.15, 0.2) is 0 Å². The van der Waals surface area contributed by atoms with Crippen molar-refractivity contribution in [1.29, 1.82) is 0 Å². The normalized spacial score (nSPS) is 19.7. The number of alkyl halides is 3. The number of amides is 1. The van der Waals surface area contributed by atoms with Crippen LogP contribution in [-0.2, 0) is 23.9 Å². The van der Waals surface area contributed by atoms with Gasteiger partial charge in [-0.3, -0.25) is 4.79 Å². The van der Waals surface area contributed by atoms with Gasteiger partial charge in [0.1, 0.15) is 11.5 Å². The van der Waals surface area contributed by atoms with Crippen LogP contribution >= 0.6 is 0 Å². The van der Waals surface area contributed by atoms with Crippen LogP contribution in [0.25, 0.3) is 0 Å². The number of methoxy groups -OCH3 is 1. The van der Waals surface area contributed by atoms with Crippen LogP contribution in [0.2, 0.25) is 0 Å². The van der Waals surface area contributed by atoms with Crippen LogP contribution in [0.4, 0.5) is 24.5 Å². The van der Waals surface area contributed by atoms with Gasteiger partial charge in [0.05, 0.1) is 37.4 Å². The lowest BCUT2D eigenvalue weighted by Gasteiger charge is -2.49. The third-order valence-electron chi connectivity index (χ3n) is 6.81. The second-order valence-electron chi connectivity index (χ2n) is 8.86. The van der Waals surface area contributed by atoms with E-state index in [2.05, 4.69) is 15.1 Å². The van der Waals surface area contributed by atoms with Crippen molar-refractivity contribution in [2.45, 2.75) is 25.2 Å². The number of nitrogens with zero attached hydrogens (tertiary/aromatic N) is 2. The summed E-state index contributed by atoms with van der Waals surface area (Å²) in [6, 6.07) is 14.9. The molecule has 9 heteroatoms. The third-order valence-corrected chi connectivity index (χ3v) is 6.81. The molecule has 35 heavy (non-hydrogen) atoms. The molecule has 184 valence electrons. The molecule has 2 aliphatic rings. The molecule has 5 rings (SSSR count). The highest BCUT2D eigenvalue weighted by atomic mass is 19.4. The van der Waals surface area contributed by atoms with Gasteiger partial charge in [-0.15, -0.1) is 0 Å². The van der Waals surface area contributed by atoms with Crippen molar-refractivity contribution in [3.8, 4) is 5.75 Å². The molecule has 0 bridgehead atoms. The van der Waals surface area contributed by atoms with Crippen molar-refractivity contribution in [3.63, 3.8) is 0 Å². The van der Waals surface area contributed by atoms with E-state index in [4.69, 9.17) is 9.15 Å². The second kappa shape index (κ2) is 9.20. The number of fused-ring (bicyclic) bond motifs is 3. The van der Waals surface area contributed by atoms with E-state index in [0.717, 1.165) is 23.2 Å². The monoisotopic (exact) mass is 485 g/mol. The topological polar surface area (TPSA) is 58.0 Å². The summed E-state index contributed by atoms with van der Waals surface area (Å²) in [5.41, 5.74) is 1.60. The summed E-state index contributed by atoms with van der Waals surface area (Å²) in [6.07, 6.45) is -2.67. The number of carbonyl (C=O) groups excluding carboxylic acids is 1. The lowest BCUT2D eigenvalue weighted by atomic mass is 9.82. The van der Waals surface area contributed by atoms with Crippen LogP contribution in [0, 0.1) is 5.92 Å². The maximum atomic E-state index is 13.4. The van der Waals surface area contributed by atoms with Crippen LogP contribution in [0.15, 0.2) is 65.3 Å². The number of carbonyl (C=O) groups is 1. The van der Waals surface area contributed by atoms with Gasteiger partial charge in [-0.1, -0.05) is 6.07 Å². The number of hydrogen-bond acceptors (Lipinski definition) is 5. The van der Waals surface area contributed by atoms with Crippen molar-refractivity contribution in [3.05, 3.63) is 77.7 Å². The molecule has 2 atom stereocenters. The second-order valence-corrected chi connectivity index (χ2v) is 8.86. The maximum absolute atomic E-state index is 13.4. The fourth-order valence-electron chi connectivity index (χ4n) is 5.06. The average molecular weight is 486 g/mol. The highest BCUT2D eigenvalue weighted by molar-refractivity contribution is 5.82. The van der Waals surface area contributed by atoms with E-state index in [1.807, 2.05) is 24.3 Å². The Morgan fingerprint density at radius 1 is 1.14 bits per heavy atom. The van der Waals surface area contributed by atoms with E-state index >= 15 is 0 Å². The molecular formula is C26H26F3N3O3. The van der Waals surface area contributed by atoms with E-state index in [-0.39, 0.29) is 24.9 Å². The molecule has 1 amide bonds. The Kier molecular flexibility index (Phi) is 6.08. The zero-order chi connectivity index (χ0) is 24.6. The number of piperazine rings is 1. The zero-order valence-electron chi connectivity index (χ0n) is 19.2. The van der Waals surface area contributed by atoms with Gasteiger partial charge in [0.2, 0.25) is 5.91 Å². The van der Waals surface area contributed by atoms with E-state index < -0.39 is 17.7 Å². The Bertz CT molecular complexity index is 1200. The smallest absolute Gasteiger partial charge is 0.416 e. The van der Waals surface area contributed by atoms with E-state index in [1.54, 1.807) is 25.3 Å². The summed E-state index contributed by atoms with van der Waals surface area (Å²) in [5.74, 6) is 0.639. The molecular weight excluding hydrogens is 459 g/mol. The summed E-state index contributed by atoms with van der Waals surface area (Å²) in [7, 11) is 1.61. The predicted molar refractivity (Wildman–Crippen MR) is 126 cm³/mol. The summed E-state index contributed by atoms with van der Waals surface area (Å²) >= 11 is 0. The summed E-state index contributed by atoms with van der Waals surface area (Å²) < 4.78 is 50.9. The number of nitrogens with one attached hydrogen (secondary N) is 1. The van der Waals surface area contributed by atoms with Crippen molar-refractivity contribution < 1.29 is 27.1 Å². The number of ether oxygens (including phenoxy) is 1. The van der Waals surface area contributed by atoms with Gasteiger partial charge < -0.3 is 24.3 Å². The molecule has 3 heterocycles. The standard InChI is InChI=1S/C26H26F3N3O3/c1-34-20-5-2-4-19(14-20)31-9-10-32-23-8-7-18(26(27,28)29)12-17(23)13-22(24(32)16-31)25(33)30-15-21-6-3-11-35-21/h2-8,11-12,14,22,24H,9-10,13,15-16H2,1H3,(H,30,33). The van der Waals surface area contributed by atoms with Gasteiger partial charge in [0, 0.05) is 37.1 Å². The van der Waals surface area contributed by atoms with Crippen molar-refractivity contribution in [2.24, 2.45) is 5.92 Å². The molecule has 2 aromatic carbocycles. The molecule has 2 unspecified atom stereocenters. The minimum absolute atomic E-state index is 0.198. The molecule has 0 aliphatic carbocycles. The molecule has 1 saturated heterocycles. The highest BCUT2D eigenvalue weighted by Crippen LogP contribution is 2.40. The minimum Gasteiger partial charge on any atom is -0.497 e. The predicted octanol–water partition coefficient (Wildman–Crippen LogP) is 4.49. The molecule has 0 spiro atoms. The molecule has 0 saturated carbocycles. The third kappa shape index (κ3) is 4.67. The Balaban J connectivity index is 1.45. The zero-order valence-corrected chi connectivity index (χ0v) is 19.2. The Labute approximate surface area is 201 Å². The van der Waals surface area contributed by atoms with Gasteiger partial charge in [-0.05, 0) is 54.4 Å². The SMILES string of the molecule is COc1cccc(N2CCN3c4ccc(C(F)(F)F)cc4CC(C(=O)NCc4ccco4)C3C2)c1. The maximum Gasteiger partial charge on any atom is 0.416 e. The number of furan rings is 1. The number of rotatable bonds is 5. The summed E-state index contributed by atoms with van der Waals surface area (Å²) in [6.45, 7) is 2.05. The van der Waals surface area contributed by atoms with Gasteiger partial charge >= 0.3 is 6.18 Å². The molecule has 6 nitrogen and oxygen atoms in total. The van der Waals surface area contributed by atoms with Crippen molar-refractivity contribution >= 4 is 17.3 Å². The number of anilines is 2. The van der Waals surface area contributed by atoms with E-state index in [9.17, 15) is 18.0 Å². The van der Waals surface area contributed by atoms with Crippen LogP contribution in [0.1, 0.15) is 16.9 Å². The largest absolute Gasteiger partial charge is 0.497 e. The lowest BCUT2D eigenvalue weighted by Crippen LogP contribution is -2.61. The van der Waals surface area contributed by atoms with E-state index in [1.165, 1.54) is 12.3 Å². The summed E-state index contributed by atoms with van der Waals surface area (Å²) in [4.78, 5) is 17.6. The quantitative estimate of drug-likeness (QED) is 0.577. The Morgan fingerprint density at radius 2 is 2.00 bits per heavy atom. The molecule has 1 aromatic heterocycles. The molecule has 3 aromatic rings. The molecule has 2 aliphatic heterocycles. The highest BCUT2D eigenvalue weighted by Gasteiger charge is 2.42. The molecule has 1 N–H and O–H groups in total. The van der Waals surface area contributed by atoms with Crippen molar-refractivity contribution in [2.75, 3.05) is 36.5 Å². The molecule has 1 fully saturated rings.